The van der Waals surface area contributed by atoms with Gasteiger partial charge in [0.05, 0.1) is 33.9 Å². The van der Waals surface area contributed by atoms with Crippen molar-refractivity contribution in [1.82, 2.24) is 68.9 Å². The van der Waals surface area contributed by atoms with E-state index >= 15 is 0 Å². The second kappa shape index (κ2) is 29.5. The molecule has 0 aliphatic rings. The van der Waals surface area contributed by atoms with Gasteiger partial charge in [0.1, 0.15) is 0 Å². The van der Waals surface area contributed by atoms with Crippen LogP contribution in [-0.4, -0.2) is 68.9 Å². The van der Waals surface area contributed by atoms with Crippen LogP contribution in [0, 0.1) is 23.2 Å². The average Bonchev–Trinajstić information content (AvgIpc) is 1.53. The number of hydrogen-bond acceptors (Lipinski definition) is 13. The number of rotatable bonds is 18. The lowest BCUT2D eigenvalue weighted by atomic mass is 9.71. The monoisotopic (exact) mass is 1480 g/mol. The molecule has 1 unspecified atom stereocenters. The van der Waals surface area contributed by atoms with Crippen molar-refractivity contribution in [2.75, 3.05) is 0 Å². The first-order valence-electron chi connectivity index (χ1n) is 38.4. The standard InChI is InChI=1S/C100H71N15/c1-62(2)63(3)100(5,115-84-55-51-75(98-110-92(69-39-22-10-23-40-69)104-93(111-98)70-41-24-11-25-42-70)59-80(84)81-60-76(52-56-85(81)115)99-112-94(71-43-26-12-27-44-71)105-95(113-99)72-45-28-13-29-46-72)64(4)87-77(61-101)47-30-48-86(87)114-82-53-49-73(96-106-88(65-31-14-6-15-32-65)102-89(107-96)66-33-16-7-17-34-66)57-78(82)79-58-74(50-54-83(79)114)97-108-90(67-35-18-8-19-36-67)103-91(109-97)68-37-20-9-21-38-68/h6-60,62-63H,4H2,1-3,5H3/t63-,100?/m1/s1. The molecule has 0 saturated heterocycles. The lowest BCUT2D eigenvalue weighted by molar-refractivity contribution is 0.235. The third-order valence-electron chi connectivity index (χ3n) is 22.0. The van der Waals surface area contributed by atoms with Crippen molar-refractivity contribution in [3.63, 3.8) is 0 Å². The molecule has 15 heteroatoms. The van der Waals surface area contributed by atoms with Gasteiger partial charge in [-0.05, 0) is 109 Å². The summed E-state index contributed by atoms with van der Waals surface area (Å²) in [5.41, 5.74) is 15.1. The Morgan fingerprint density at radius 2 is 0.513 bits per heavy atom. The number of aromatic nitrogens is 14. The van der Waals surface area contributed by atoms with E-state index in [1.165, 1.54) is 0 Å². The first-order chi connectivity index (χ1) is 56.5. The second-order valence-electron chi connectivity index (χ2n) is 29.2. The summed E-state index contributed by atoms with van der Waals surface area (Å²) in [6, 6.07) is 115. The van der Waals surface area contributed by atoms with E-state index < -0.39 is 5.54 Å². The SMILES string of the molecule is C=C(c1c(C#N)cccc1-n1c2ccc(-c3nc(-c4ccccc4)nc(-c4ccccc4)n3)cc2c2cc(-c3nc(-c4ccccc4)nc(-c4ccccc4)n3)ccc21)C(C)([C@H](C)C(C)C)n1c2ccc(-c3nc(-c4ccccc4)nc(-c4ccccc4)n3)cc2c2cc(-c3nc(-c4ccccc4)nc(-c4ccccc4)n3)ccc21. The van der Waals surface area contributed by atoms with Crippen LogP contribution in [0.5, 0.6) is 0 Å². The summed E-state index contributed by atoms with van der Waals surface area (Å²) >= 11 is 0. The Labute approximate surface area is 664 Å². The van der Waals surface area contributed by atoms with Crippen LogP contribution >= 0.6 is 0 Å². The summed E-state index contributed by atoms with van der Waals surface area (Å²) in [5, 5.41) is 15.5. The average molecular weight is 1480 g/mol. The van der Waals surface area contributed by atoms with Crippen molar-refractivity contribution in [2.24, 2.45) is 11.8 Å². The number of nitrogens with zero attached hydrogens (tertiary/aromatic N) is 15. The van der Waals surface area contributed by atoms with Crippen molar-refractivity contribution in [2.45, 2.75) is 33.2 Å². The Morgan fingerprint density at radius 1 is 0.287 bits per heavy atom. The summed E-state index contributed by atoms with van der Waals surface area (Å²) in [6.07, 6.45) is 0. The molecule has 19 aromatic rings. The van der Waals surface area contributed by atoms with Gasteiger partial charge in [0.15, 0.2) is 69.9 Å². The van der Waals surface area contributed by atoms with Crippen molar-refractivity contribution in [1.29, 1.82) is 5.26 Å². The molecule has 0 bridgehead atoms. The van der Waals surface area contributed by atoms with Gasteiger partial charge in [-0.1, -0.05) is 276 Å². The van der Waals surface area contributed by atoms with Crippen LogP contribution in [0.15, 0.2) is 340 Å². The third kappa shape index (κ3) is 13.0. The predicted molar refractivity (Wildman–Crippen MR) is 460 cm³/mol. The van der Waals surface area contributed by atoms with E-state index in [2.05, 4.69) is 122 Å². The van der Waals surface area contributed by atoms with E-state index in [0.717, 1.165) is 122 Å². The molecule has 546 valence electrons. The summed E-state index contributed by atoms with van der Waals surface area (Å²) in [4.78, 5) is 62.5. The molecule has 0 amide bonds. The van der Waals surface area contributed by atoms with Crippen LogP contribution in [0.25, 0.3) is 192 Å². The highest BCUT2D eigenvalue weighted by atomic mass is 15.1. The number of hydrogen-bond donors (Lipinski definition) is 0. The molecule has 0 fully saturated rings. The fraction of sp³-hybridized carbons (Fsp3) is 0.0700. The molecule has 6 aromatic heterocycles. The number of benzene rings is 13. The molecule has 0 N–H and O–H groups in total. The van der Waals surface area contributed by atoms with Crippen molar-refractivity contribution in [3.8, 4) is 148 Å². The molecule has 13 aromatic carbocycles. The zero-order valence-corrected chi connectivity index (χ0v) is 63.3. The minimum atomic E-state index is -1.02. The van der Waals surface area contributed by atoms with Gasteiger partial charge in [-0.25, -0.2) is 59.8 Å². The molecule has 15 nitrogen and oxygen atoms in total. The van der Waals surface area contributed by atoms with Gasteiger partial charge in [-0.2, -0.15) is 5.26 Å². The Bertz CT molecular complexity index is 6380. The molecule has 0 saturated carbocycles. The van der Waals surface area contributed by atoms with Gasteiger partial charge >= 0.3 is 0 Å². The third-order valence-corrected chi connectivity index (χ3v) is 22.0. The van der Waals surface area contributed by atoms with Crippen LogP contribution in [0.3, 0.4) is 0 Å². The van der Waals surface area contributed by atoms with Crippen LogP contribution in [0.2, 0.25) is 0 Å². The van der Waals surface area contributed by atoms with E-state index in [4.69, 9.17) is 66.4 Å². The molecule has 0 spiro atoms. The summed E-state index contributed by atoms with van der Waals surface area (Å²) < 4.78 is 4.74. The van der Waals surface area contributed by atoms with Crippen LogP contribution < -0.4 is 0 Å². The zero-order chi connectivity index (χ0) is 77.7. The van der Waals surface area contributed by atoms with Crippen LogP contribution in [-0.2, 0) is 5.54 Å². The maximum atomic E-state index is 11.9. The second-order valence-corrected chi connectivity index (χ2v) is 29.2. The Kier molecular flexibility index (Phi) is 18.0. The first kappa shape index (κ1) is 70.1. The maximum Gasteiger partial charge on any atom is 0.164 e. The number of fused-ring (bicyclic) bond motifs is 6. The Balaban J connectivity index is 0.843. The fourth-order valence-electron chi connectivity index (χ4n) is 15.8. The van der Waals surface area contributed by atoms with Crippen LogP contribution in [0.1, 0.15) is 38.8 Å². The number of allylic oxidation sites excluding steroid dienone is 1. The highest BCUT2D eigenvalue weighted by molar-refractivity contribution is 6.13. The van der Waals surface area contributed by atoms with Gasteiger partial charge in [0, 0.05) is 105 Å². The summed E-state index contributed by atoms with van der Waals surface area (Å²) in [5.74, 6) is 6.30. The molecule has 19 rings (SSSR count). The smallest absolute Gasteiger partial charge is 0.164 e. The van der Waals surface area contributed by atoms with Crippen LogP contribution in [0.4, 0.5) is 0 Å². The molecule has 0 aliphatic heterocycles. The maximum absolute atomic E-state index is 11.9. The summed E-state index contributed by atoms with van der Waals surface area (Å²) in [6.45, 7) is 14.5. The van der Waals surface area contributed by atoms with Gasteiger partial charge in [0.25, 0.3) is 0 Å². The highest BCUT2D eigenvalue weighted by Gasteiger charge is 2.42. The normalized spacial score (nSPS) is 12.3. The molecule has 115 heavy (non-hydrogen) atoms. The molecule has 2 atom stereocenters. The van der Waals surface area contributed by atoms with E-state index in [0.29, 0.717) is 81.0 Å². The number of nitriles is 1. The molecular formula is C100H71N15. The quantitative estimate of drug-likeness (QED) is 0.0790. The minimum absolute atomic E-state index is 0.0621. The zero-order valence-electron chi connectivity index (χ0n) is 63.3. The van der Waals surface area contributed by atoms with Crippen molar-refractivity contribution < 1.29 is 0 Å². The van der Waals surface area contributed by atoms with Gasteiger partial charge in [-0.3, -0.25) is 0 Å². The van der Waals surface area contributed by atoms with Gasteiger partial charge < -0.3 is 9.13 Å². The van der Waals surface area contributed by atoms with E-state index in [1.54, 1.807) is 0 Å². The first-order valence-corrected chi connectivity index (χ1v) is 38.4. The Hall–Kier alpha value is -15.3. The van der Waals surface area contributed by atoms with Gasteiger partial charge in [0.2, 0.25) is 0 Å². The molecule has 6 heterocycles. The van der Waals surface area contributed by atoms with Crippen molar-refractivity contribution >= 4 is 49.2 Å². The topological polar surface area (TPSA) is 188 Å². The molecule has 0 aliphatic carbocycles. The highest BCUT2D eigenvalue weighted by Crippen LogP contribution is 2.51. The molecular weight excluding hydrogens is 1410 g/mol. The Morgan fingerprint density at radius 3 is 0.748 bits per heavy atom. The summed E-state index contributed by atoms with van der Waals surface area (Å²) in [7, 11) is 0. The van der Waals surface area contributed by atoms with Gasteiger partial charge in [-0.15, -0.1) is 0 Å². The molecule has 0 radical (unpaired) electrons. The minimum Gasteiger partial charge on any atom is -0.330 e. The van der Waals surface area contributed by atoms with E-state index in [9.17, 15) is 5.26 Å². The van der Waals surface area contributed by atoms with E-state index in [-0.39, 0.29) is 11.8 Å². The van der Waals surface area contributed by atoms with E-state index in [1.807, 2.05) is 255 Å². The fourth-order valence-corrected chi connectivity index (χ4v) is 15.8. The lowest BCUT2D eigenvalue weighted by Gasteiger charge is -2.43. The lowest BCUT2D eigenvalue weighted by Crippen LogP contribution is -2.40. The van der Waals surface area contributed by atoms with Crippen molar-refractivity contribution in [3.05, 3.63) is 351 Å². The largest absolute Gasteiger partial charge is 0.330 e. The predicted octanol–water partition coefficient (Wildman–Crippen LogP) is 23.2.